The summed E-state index contributed by atoms with van der Waals surface area (Å²) in [6.45, 7) is 2.21. The number of aryl methyl sites for hydroxylation is 2. The number of carbonyl (C=O) groups is 1. The minimum absolute atomic E-state index is 0.0642. The minimum Gasteiger partial charge on any atom is -0.482 e. The van der Waals surface area contributed by atoms with E-state index in [1.54, 1.807) is 6.07 Å². The van der Waals surface area contributed by atoms with Gasteiger partial charge in [-0.1, -0.05) is 30.3 Å². The second-order valence-corrected chi connectivity index (χ2v) is 9.53. The summed E-state index contributed by atoms with van der Waals surface area (Å²) in [5.74, 6) is 0.947. The Morgan fingerprint density at radius 1 is 1.12 bits per heavy atom. The third-order valence-corrected chi connectivity index (χ3v) is 7.45. The van der Waals surface area contributed by atoms with Crippen molar-refractivity contribution >= 4 is 27.3 Å². The molecule has 9 nitrogen and oxygen atoms in total. The first-order valence-electron chi connectivity index (χ1n) is 10.5. The first-order valence-corrected chi connectivity index (χ1v) is 11.9. The fraction of sp³-hybridized carbons (Fsp3) is 0.318. The molecule has 0 bridgehead atoms. The number of benzene rings is 2. The fourth-order valence-corrected chi connectivity index (χ4v) is 5.59. The zero-order chi connectivity index (χ0) is 22.3. The van der Waals surface area contributed by atoms with Gasteiger partial charge in [0.25, 0.3) is 15.9 Å². The molecule has 10 heteroatoms. The van der Waals surface area contributed by atoms with Crippen LogP contribution in [0, 0.1) is 0 Å². The molecule has 0 aliphatic carbocycles. The van der Waals surface area contributed by atoms with Crippen LogP contribution in [0.4, 0.5) is 11.4 Å². The summed E-state index contributed by atoms with van der Waals surface area (Å²) in [7, 11) is -3.83. The molecule has 0 unspecified atom stereocenters. The normalized spacial score (nSPS) is 15.8. The number of nitrogens with zero attached hydrogens (tertiary/aromatic N) is 4. The maximum Gasteiger partial charge on any atom is 0.265 e. The van der Waals surface area contributed by atoms with Gasteiger partial charge in [-0.2, -0.15) is 4.98 Å². The summed E-state index contributed by atoms with van der Waals surface area (Å²) in [4.78, 5) is 18.4. The van der Waals surface area contributed by atoms with Gasteiger partial charge in [0, 0.05) is 13.0 Å². The van der Waals surface area contributed by atoms with Crippen LogP contribution in [0.15, 0.2) is 51.9 Å². The van der Waals surface area contributed by atoms with E-state index < -0.39 is 10.0 Å². The van der Waals surface area contributed by atoms with Gasteiger partial charge in [0.05, 0.1) is 22.8 Å². The van der Waals surface area contributed by atoms with Crippen LogP contribution in [0.25, 0.3) is 0 Å². The summed E-state index contributed by atoms with van der Waals surface area (Å²) in [5.41, 5.74) is 2.07. The Bertz CT molecular complexity index is 1290. The summed E-state index contributed by atoms with van der Waals surface area (Å²) >= 11 is 0. The Morgan fingerprint density at radius 3 is 2.78 bits per heavy atom. The highest BCUT2D eigenvalue weighted by molar-refractivity contribution is 7.92. The van der Waals surface area contributed by atoms with E-state index in [1.165, 1.54) is 21.3 Å². The smallest absolute Gasteiger partial charge is 0.265 e. The van der Waals surface area contributed by atoms with Crippen molar-refractivity contribution in [1.82, 2.24) is 10.1 Å². The maximum absolute atomic E-state index is 13.6. The van der Waals surface area contributed by atoms with Gasteiger partial charge in [0.15, 0.2) is 12.4 Å². The van der Waals surface area contributed by atoms with Gasteiger partial charge in [-0.3, -0.25) is 14.0 Å². The van der Waals surface area contributed by atoms with Crippen LogP contribution in [0.3, 0.4) is 0 Å². The number of amides is 1. The number of hydrogen-bond donors (Lipinski definition) is 0. The van der Waals surface area contributed by atoms with Crippen molar-refractivity contribution in [3.8, 4) is 5.75 Å². The molecule has 0 radical (unpaired) electrons. The summed E-state index contributed by atoms with van der Waals surface area (Å²) in [5, 5.41) is 3.91. The lowest BCUT2D eigenvalue weighted by molar-refractivity contribution is -0.121. The average Bonchev–Trinajstić information content (AvgIpc) is 3.28. The number of carbonyl (C=O) groups excluding carboxylic acids is 1. The third-order valence-electron chi connectivity index (χ3n) is 5.64. The number of rotatable bonds is 5. The van der Waals surface area contributed by atoms with Gasteiger partial charge in [-0.05, 0) is 42.7 Å². The molecule has 0 atom stereocenters. The highest BCUT2D eigenvalue weighted by Crippen LogP contribution is 2.38. The second-order valence-electron chi connectivity index (χ2n) is 7.67. The van der Waals surface area contributed by atoms with Gasteiger partial charge in [-0.15, -0.1) is 0 Å². The molecule has 3 aromatic rings. The molecular weight excluding hydrogens is 432 g/mol. The zero-order valence-corrected chi connectivity index (χ0v) is 18.3. The standard InChI is InChI=1S/C22H22N4O5S/c1-2-21-23-20(24-31-21)13-25-18-12-16(9-10-19(18)30-14-22(25)27)32(28,29)26-11-5-7-15-6-3-4-8-17(15)26/h3-4,6,8-10,12H,2,5,7,11,13-14H2,1H3. The van der Waals surface area contributed by atoms with E-state index in [2.05, 4.69) is 10.1 Å². The molecule has 166 valence electrons. The highest BCUT2D eigenvalue weighted by atomic mass is 32.2. The van der Waals surface area contributed by atoms with Crippen LogP contribution in [-0.4, -0.2) is 37.6 Å². The number of ether oxygens (including phenoxy) is 1. The Balaban J connectivity index is 1.52. The van der Waals surface area contributed by atoms with Crippen molar-refractivity contribution in [3.63, 3.8) is 0 Å². The van der Waals surface area contributed by atoms with Gasteiger partial charge in [-0.25, -0.2) is 8.42 Å². The molecule has 2 aliphatic rings. The number of sulfonamides is 1. The third kappa shape index (κ3) is 3.50. The largest absolute Gasteiger partial charge is 0.482 e. The van der Waals surface area contributed by atoms with Crippen molar-refractivity contribution in [2.45, 2.75) is 37.6 Å². The highest BCUT2D eigenvalue weighted by Gasteiger charge is 2.33. The number of aromatic nitrogens is 2. The Labute approximate surface area is 185 Å². The zero-order valence-electron chi connectivity index (χ0n) is 17.5. The number of hydrogen-bond acceptors (Lipinski definition) is 7. The van der Waals surface area contributed by atoms with E-state index in [0.29, 0.717) is 41.8 Å². The maximum atomic E-state index is 13.6. The van der Waals surface area contributed by atoms with Crippen LogP contribution >= 0.6 is 0 Å². The van der Waals surface area contributed by atoms with E-state index in [1.807, 2.05) is 31.2 Å². The first-order chi connectivity index (χ1) is 15.5. The molecule has 0 fully saturated rings. The summed E-state index contributed by atoms with van der Waals surface area (Å²) in [6, 6.07) is 12.1. The number of fused-ring (bicyclic) bond motifs is 2. The lowest BCUT2D eigenvalue weighted by Gasteiger charge is -2.32. The fourth-order valence-electron chi connectivity index (χ4n) is 4.03. The first kappa shape index (κ1) is 20.5. The van der Waals surface area contributed by atoms with Gasteiger partial charge < -0.3 is 9.26 Å². The molecule has 0 saturated heterocycles. The van der Waals surface area contributed by atoms with Crippen LogP contribution in [-0.2, 0) is 34.2 Å². The second kappa shape index (κ2) is 7.94. The van der Waals surface area contributed by atoms with Crippen molar-refractivity contribution < 1.29 is 22.5 Å². The molecular formula is C22H22N4O5S. The molecule has 1 aromatic heterocycles. The summed E-state index contributed by atoms with van der Waals surface area (Å²) < 4.78 is 39.2. The lowest BCUT2D eigenvalue weighted by Crippen LogP contribution is -2.39. The molecule has 0 saturated carbocycles. The average molecular weight is 455 g/mol. The molecule has 32 heavy (non-hydrogen) atoms. The van der Waals surface area contributed by atoms with Crippen molar-refractivity contribution in [2.75, 3.05) is 22.4 Å². The minimum atomic E-state index is -3.83. The van der Waals surface area contributed by atoms with E-state index in [4.69, 9.17) is 9.26 Å². The molecule has 2 aliphatic heterocycles. The Morgan fingerprint density at radius 2 is 1.97 bits per heavy atom. The molecule has 0 N–H and O–H groups in total. The number of anilines is 2. The van der Waals surface area contributed by atoms with Gasteiger partial charge in [0.1, 0.15) is 5.75 Å². The van der Waals surface area contributed by atoms with Crippen LogP contribution in [0.1, 0.15) is 30.6 Å². The van der Waals surface area contributed by atoms with Crippen LogP contribution in [0.2, 0.25) is 0 Å². The molecule has 3 heterocycles. The Hall–Kier alpha value is -3.40. The predicted octanol–water partition coefficient (Wildman–Crippen LogP) is 2.70. The predicted molar refractivity (Wildman–Crippen MR) is 116 cm³/mol. The van der Waals surface area contributed by atoms with Gasteiger partial charge in [0.2, 0.25) is 5.89 Å². The van der Waals surface area contributed by atoms with E-state index in [-0.39, 0.29) is 24.0 Å². The number of para-hydroxylation sites is 1. The van der Waals surface area contributed by atoms with Gasteiger partial charge >= 0.3 is 0 Å². The van der Waals surface area contributed by atoms with Crippen molar-refractivity contribution in [3.05, 3.63) is 59.7 Å². The van der Waals surface area contributed by atoms with Crippen LogP contribution in [0.5, 0.6) is 5.75 Å². The van der Waals surface area contributed by atoms with E-state index in [0.717, 1.165) is 18.4 Å². The van der Waals surface area contributed by atoms with Crippen molar-refractivity contribution in [2.24, 2.45) is 0 Å². The monoisotopic (exact) mass is 454 g/mol. The molecule has 2 aromatic carbocycles. The molecule has 0 spiro atoms. The topological polar surface area (TPSA) is 106 Å². The Kier molecular flexibility index (Phi) is 5.09. The van der Waals surface area contributed by atoms with Crippen molar-refractivity contribution in [1.29, 1.82) is 0 Å². The SMILES string of the molecule is CCc1nc(CN2C(=O)COc3ccc(S(=O)(=O)N4CCCc5ccccc54)cc32)no1. The van der Waals surface area contributed by atoms with E-state index >= 15 is 0 Å². The lowest BCUT2D eigenvalue weighted by atomic mass is 10.0. The quantitative estimate of drug-likeness (QED) is 0.583. The molecule has 5 rings (SSSR count). The summed E-state index contributed by atoms with van der Waals surface area (Å²) in [6.07, 6.45) is 2.17. The molecule has 1 amide bonds. The van der Waals surface area contributed by atoms with Crippen LogP contribution < -0.4 is 13.9 Å². The van der Waals surface area contributed by atoms with E-state index in [9.17, 15) is 13.2 Å².